The van der Waals surface area contributed by atoms with E-state index in [-0.39, 0.29) is 11.3 Å². The summed E-state index contributed by atoms with van der Waals surface area (Å²) in [4.78, 5) is 12.6. The van der Waals surface area contributed by atoms with Crippen LogP contribution in [0.4, 0.5) is 11.4 Å². The number of aryl methyl sites for hydroxylation is 1. The molecule has 0 aliphatic carbocycles. The number of carbonyl (C=O) groups is 1. The molecule has 0 saturated heterocycles. The smallest absolute Gasteiger partial charge is 0.257 e. The molecule has 0 atom stereocenters. The lowest BCUT2D eigenvalue weighted by molar-refractivity contribution is 0.102. The number of benzene rings is 3. The summed E-state index contributed by atoms with van der Waals surface area (Å²) in [5.41, 5.74) is 2.87. The lowest BCUT2D eigenvalue weighted by Crippen LogP contribution is -2.17. The predicted molar refractivity (Wildman–Crippen MR) is 114 cm³/mol. The molecular formula is C22H20N2O3S. The number of hydrogen-bond acceptors (Lipinski definition) is 3. The topological polar surface area (TPSA) is 75.3 Å². The minimum Gasteiger partial charge on any atom is -0.322 e. The molecule has 0 aliphatic heterocycles. The first kappa shape index (κ1) is 19.4. The van der Waals surface area contributed by atoms with Crippen LogP contribution in [0.25, 0.3) is 6.08 Å². The Hall–Kier alpha value is -3.38. The van der Waals surface area contributed by atoms with Crippen LogP contribution in [0.2, 0.25) is 0 Å². The number of rotatable bonds is 6. The highest BCUT2D eigenvalue weighted by Crippen LogP contribution is 2.20. The van der Waals surface area contributed by atoms with Gasteiger partial charge in [0, 0.05) is 5.69 Å². The van der Waals surface area contributed by atoms with Crippen molar-refractivity contribution in [3.63, 3.8) is 0 Å². The van der Waals surface area contributed by atoms with E-state index >= 15 is 0 Å². The third-order valence-electron chi connectivity index (χ3n) is 3.94. The van der Waals surface area contributed by atoms with Gasteiger partial charge < -0.3 is 5.32 Å². The van der Waals surface area contributed by atoms with Gasteiger partial charge in [0.2, 0.25) is 0 Å². The van der Waals surface area contributed by atoms with Crippen LogP contribution in [0, 0.1) is 6.92 Å². The van der Waals surface area contributed by atoms with Gasteiger partial charge in [-0.1, -0.05) is 54.6 Å². The highest BCUT2D eigenvalue weighted by atomic mass is 32.2. The Balaban J connectivity index is 1.79. The first-order valence-electron chi connectivity index (χ1n) is 8.66. The van der Waals surface area contributed by atoms with E-state index in [1.807, 2.05) is 43.3 Å². The number of carbonyl (C=O) groups excluding carboxylic acids is 1. The Kier molecular flexibility index (Phi) is 5.91. The van der Waals surface area contributed by atoms with Crippen LogP contribution in [0.15, 0.2) is 84.3 Å². The van der Waals surface area contributed by atoms with E-state index < -0.39 is 15.9 Å². The van der Waals surface area contributed by atoms with E-state index in [4.69, 9.17) is 0 Å². The van der Waals surface area contributed by atoms with Gasteiger partial charge in [-0.15, -0.1) is 0 Å². The van der Waals surface area contributed by atoms with Crippen molar-refractivity contribution in [2.45, 2.75) is 6.92 Å². The van der Waals surface area contributed by atoms with E-state index in [0.29, 0.717) is 5.69 Å². The van der Waals surface area contributed by atoms with Gasteiger partial charge in [0.1, 0.15) is 0 Å². The molecule has 3 aromatic rings. The largest absolute Gasteiger partial charge is 0.322 e. The Morgan fingerprint density at radius 1 is 0.893 bits per heavy atom. The summed E-state index contributed by atoms with van der Waals surface area (Å²) in [7, 11) is -3.78. The molecule has 0 radical (unpaired) electrons. The number of hydrogen-bond donors (Lipinski definition) is 2. The molecule has 1 amide bonds. The van der Waals surface area contributed by atoms with Gasteiger partial charge in [0.15, 0.2) is 0 Å². The maximum absolute atomic E-state index is 12.6. The molecule has 0 unspecified atom stereocenters. The molecule has 0 saturated carbocycles. The third kappa shape index (κ3) is 5.31. The van der Waals surface area contributed by atoms with Crippen molar-refractivity contribution < 1.29 is 13.2 Å². The summed E-state index contributed by atoms with van der Waals surface area (Å²) >= 11 is 0. The van der Waals surface area contributed by atoms with Crippen molar-refractivity contribution in [3.05, 3.63) is 101 Å². The molecule has 0 aromatic heterocycles. The van der Waals surface area contributed by atoms with Crippen molar-refractivity contribution in [2.24, 2.45) is 0 Å². The highest BCUT2D eigenvalue weighted by Gasteiger charge is 2.15. The fourth-order valence-electron chi connectivity index (χ4n) is 2.61. The zero-order valence-electron chi connectivity index (χ0n) is 15.3. The van der Waals surface area contributed by atoms with Crippen molar-refractivity contribution in [1.29, 1.82) is 0 Å². The van der Waals surface area contributed by atoms with E-state index in [1.54, 1.807) is 42.5 Å². The second-order valence-corrected chi connectivity index (χ2v) is 7.80. The maximum Gasteiger partial charge on any atom is 0.257 e. The number of sulfonamides is 1. The molecule has 6 heteroatoms. The van der Waals surface area contributed by atoms with Gasteiger partial charge in [-0.25, -0.2) is 8.42 Å². The van der Waals surface area contributed by atoms with Gasteiger partial charge in [0.05, 0.1) is 16.7 Å². The Morgan fingerprint density at radius 3 is 2.36 bits per heavy atom. The van der Waals surface area contributed by atoms with Gasteiger partial charge in [-0.3, -0.25) is 9.52 Å². The number of nitrogens with one attached hydrogen (secondary N) is 2. The summed E-state index contributed by atoms with van der Waals surface area (Å²) in [5, 5.41) is 3.87. The molecule has 0 spiro atoms. The SMILES string of the molecule is Cc1cccc(NC(=O)c2ccccc2NS(=O)(=O)/C=C/c2ccccc2)c1. The number of para-hydroxylation sites is 1. The van der Waals surface area contributed by atoms with Crippen LogP contribution in [-0.4, -0.2) is 14.3 Å². The molecule has 3 aromatic carbocycles. The lowest BCUT2D eigenvalue weighted by Gasteiger charge is -2.11. The first-order chi connectivity index (χ1) is 13.4. The minimum atomic E-state index is -3.78. The number of amides is 1. The maximum atomic E-state index is 12.6. The van der Waals surface area contributed by atoms with Crippen LogP contribution in [0.1, 0.15) is 21.5 Å². The van der Waals surface area contributed by atoms with Crippen molar-refractivity contribution in [2.75, 3.05) is 10.0 Å². The minimum absolute atomic E-state index is 0.213. The predicted octanol–water partition coefficient (Wildman–Crippen LogP) is 4.66. The van der Waals surface area contributed by atoms with E-state index in [1.165, 1.54) is 6.08 Å². The quantitative estimate of drug-likeness (QED) is 0.641. The molecular weight excluding hydrogens is 372 g/mol. The van der Waals surface area contributed by atoms with E-state index in [9.17, 15) is 13.2 Å². The Labute approximate surface area is 164 Å². The highest BCUT2D eigenvalue weighted by molar-refractivity contribution is 7.95. The van der Waals surface area contributed by atoms with Crippen molar-refractivity contribution >= 4 is 33.4 Å². The lowest BCUT2D eigenvalue weighted by atomic mass is 10.1. The van der Waals surface area contributed by atoms with E-state index in [0.717, 1.165) is 16.5 Å². The van der Waals surface area contributed by atoms with Gasteiger partial charge in [0.25, 0.3) is 15.9 Å². The molecule has 5 nitrogen and oxygen atoms in total. The number of anilines is 2. The average molecular weight is 392 g/mol. The molecule has 142 valence electrons. The molecule has 28 heavy (non-hydrogen) atoms. The standard InChI is InChI=1S/C22H20N2O3S/c1-17-8-7-11-19(16-17)23-22(25)20-12-5-6-13-21(20)24-28(26,27)15-14-18-9-3-2-4-10-18/h2-16,24H,1H3,(H,23,25)/b15-14+. The zero-order valence-corrected chi connectivity index (χ0v) is 16.1. The van der Waals surface area contributed by atoms with Crippen molar-refractivity contribution in [1.82, 2.24) is 0 Å². The second-order valence-electron chi connectivity index (χ2n) is 6.23. The van der Waals surface area contributed by atoms with Crippen molar-refractivity contribution in [3.8, 4) is 0 Å². The average Bonchev–Trinajstić information content (AvgIpc) is 2.67. The monoisotopic (exact) mass is 392 g/mol. The summed E-state index contributed by atoms with van der Waals surface area (Å²) in [6.07, 6.45) is 1.50. The molecule has 3 rings (SSSR count). The summed E-state index contributed by atoms with van der Waals surface area (Å²) in [6, 6.07) is 23.0. The normalized spacial score (nSPS) is 11.3. The van der Waals surface area contributed by atoms with Gasteiger partial charge in [-0.05, 0) is 48.4 Å². The molecule has 0 bridgehead atoms. The second kappa shape index (κ2) is 8.54. The van der Waals surface area contributed by atoms with Crippen LogP contribution in [0.3, 0.4) is 0 Å². The van der Waals surface area contributed by atoms with Crippen LogP contribution < -0.4 is 10.0 Å². The van der Waals surface area contributed by atoms with Crippen LogP contribution in [-0.2, 0) is 10.0 Å². The summed E-state index contributed by atoms with van der Waals surface area (Å²) in [5.74, 6) is -0.393. The molecule has 0 aliphatic rings. The molecule has 2 N–H and O–H groups in total. The summed E-state index contributed by atoms with van der Waals surface area (Å²) < 4.78 is 27.3. The van der Waals surface area contributed by atoms with E-state index in [2.05, 4.69) is 10.0 Å². The molecule has 0 fully saturated rings. The zero-order chi connectivity index (χ0) is 20.0. The van der Waals surface area contributed by atoms with Crippen LogP contribution in [0.5, 0.6) is 0 Å². The summed E-state index contributed by atoms with van der Waals surface area (Å²) in [6.45, 7) is 1.93. The first-order valence-corrected chi connectivity index (χ1v) is 10.2. The van der Waals surface area contributed by atoms with Gasteiger partial charge >= 0.3 is 0 Å². The molecule has 0 heterocycles. The van der Waals surface area contributed by atoms with Crippen LogP contribution >= 0.6 is 0 Å². The Morgan fingerprint density at radius 2 is 1.61 bits per heavy atom. The fourth-order valence-corrected chi connectivity index (χ4v) is 3.50. The van der Waals surface area contributed by atoms with Gasteiger partial charge in [-0.2, -0.15) is 0 Å². The third-order valence-corrected chi connectivity index (χ3v) is 4.94. The Bertz CT molecular complexity index is 1110. The fraction of sp³-hybridized carbons (Fsp3) is 0.0455.